The first-order valence-corrected chi connectivity index (χ1v) is 11.2. The Kier molecular flexibility index (Phi) is 7.80. The maximum Gasteiger partial charge on any atom is 0.405 e. The number of benzene rings is 2. The van der Waals surface area contributed by atoms with Crippen LogP contribution in [-0.4, -0.2) is 41.1 Å². The van der Waals surface area contributed by atoms with Gasteiger partial charge in [0.25, 0.3) is 0 Å². The summed E-state index contributed by atoms with van der Waals surface area (Å²) in [5, 5.41) is 11.9. The van der Waals surface area contributed by atoms with E-state index in [4.69, 9.17) is 0 Å². The van der Waals surface area contributed by atoms with Crippen LogP contribution in [0, 0.1) is 0 Å². The predicted octanol–water partition coefficient (Wildman–Crippen LogP) is 5.22. The van der Waals surface area contributed by atoms with E-state index in [0.29, 0.717) is 6.42 Å². The summed E-state index contributed by atoms with van der Waals surface area (Å²) in [5.41, 5.74) is 5.07. The maximum atomic E-state index is 12.2. The Bertz CT molecular complexity index is 957. The standard InChI is InChI=1S/C25H31N3O3.ClH/c1-17-14-23(26-25(30)31)22-15-21(10-11-24(22)28(17)18(2)29)20-8-6-19(7-9-20)16-27-12-4-3-5-13-27;/h6-11,15,17,23,26H,3-5,12-14,16H2,1-2H3,(H,30,31);1H. The lowest BCUT2D eigenvalue weighted by atomic mass is 9.89. The molecule has 0 aromatic heterocycles. The topological polar surface area (TPSA) is 72.9 Å². The highest BCUT2D eigenvalue weighted by molar-refractivity contribution is 5.94. The number of rotatable bonds is 4. The summed E-state index contributed by atoms with van der Waals surface area (Å²) >= 11 is 0. The van der Waals surface area contributed by atoms with Gasteiger partial charge in [0, 0.05) is 25.2 Å². The molecule has 1 fully saturated rings. The van der Waals surface area contributed by atoms with E-state index in [1.165, 1.54) is 37.9 Å². The molecule has 1 saturated heterocycles. The number of carbonyl (C=O) groups excluding carboxylic acids is 1. The van der Waals surface area contributed by atoms with Crippen molar-refractivity contribution in [3.63, 3.8) is 0 Å². The lowest BCUT2D eigenvalue weighted by Crippen LogP contribution is -2.45. The van der Waals surface area contributed by atoms with Crippen LogP contribution in [0.5, 0.6) is 0 Å². The fraction of sp³-hybridized carbons (Fsp3) is 0.440. The minimum atomic E-state index is -1.05. The molecule has 2 aromatic carbocycles. The quantitative estimate of drug-likeness (QED) is 0.660. The Morgan fingerprint density at radius 1 is 1.03 bits per heavy atom. The predicted molar refractivity (Wildman–Crippen MR) is 129 cm³/mol. The van der Waals surface area contributed by atoms with Crippen molar-refractivity contribution in [2.75, 3.05) is 18.0 Å². The highest BCUT2D eigenvalue weighted by Gasteiger charge is 2.33. The second-order valence-electron chi connectivity index (χ2n) is 8.78. The van der Waals surface area contributed by atoms with Gasteiger partial charge in [0.1, 0.15) is 0 Å². The van der Waals surface area contributed by atoms with E-state index in [9.17, 15) is 14.7 Å². The zero-order valence-electron chi connectivity index (χ0n) is 18.7. The second kappa shape index (κ2) is 10.4. The van der Waals surface area contributed by atoms with Crippen molar-refractivity contribution in [1.82, 2.24) is 10.2 Å². The Morgan fingerprint density at radius 3 is 2.31 bits per heavy atom. The van der Waals surface area contributed by atoms with E-state index < -0.39 is 6.09 Å². The smallest absolute Gasteiger partial charge is 0.405 e. The van der Waals surface area contributed by atoms with Crippen LogP contribution in [0.3, 0.4) is 0 Å². The van der Waals surface area contributed by atoms with Crippen LogP contribution in [0.4, 0.5) is 10.5 Å². The summed E-state index contributed by atoms with van der Waals surface area (Å²) in [6.45, 7) is 6.85. The van der Waals surface area contributed by atoms with Crippen molar-refractivity contribution >= 4 is 30.1 Å². The Morgan fingerprint density at radius 2 is 1.69 bits per heavy atom. The van der Waals surface area contributed by atoms with Crippen LogP contribution in [0.15, 0.2) is 42.5 Å². The third kappa shape index (κ3) is 5.25. The summed E-state index contributed by atoms with van der Waals surface area (Å²) in [4.78, 5) is 27.9. The molecule has 2 aliphatic heterocycles. The monoisotopic (exact) mass is 457 g/mol. The van der Waals surface area contributed by atoms with E-state index in [2.05, 4.69) is 34.5 Å². The Labute approximate surface area is 196 Å². The molecule has 2 unspecified atom stereocenters. The lowest BCUT2D eigenvalue weighted by Gasteiger charge is -2.39. The molecule has 0 bridgehead atoms. The SMILES string of the molecule is CC(=O)N1c2ccc(-c3ccc(CN4CCCCC4)cc3)cc2C(NC(=O)O)CC1C.Cl. The van der Waals surface area contributed by atoms with Crippen LogP contribution < -0.4 is 10.2 Å². The van der Waals surface area contributed by atoms with Gasteiger partial charge in [-0.2, -0.15) is 0 Å². The first-order valence-electron chi connectivity index (χ1n) is 11.2. The molecule has 32 heavy (non-hydrogen) atoms. The van der Waals surface area contributed by atoms with Gasteiger partial charge in [0.05, 0.1) is 6.04 Å². The number of hydrogen-bond acceptors (Lipinski definition) is 3. The fourth-order valence-corrected chi connectivity index (χ4v) is 4.99. The third-order valence-corrected chi connectivity index (χ3v) is 6.46. The van der Waals surface area contributed by atoms with Gasteiger partial charge in [-0.3, -0.25) is 9.69 Å². The summed E-state index contributed by atoms with van der Waals surface area (Å²) < 4.78 is 0. The molecule has 7 heteroatoms. The molecular formula is C25H32ClN3O3. The lowest BCUT2D eigenvalue weighted by molar-refractivity contribution is -0.117. The van der Waals surface area contributed by atoms with Gasteiger partial charge in [-0.1, -0.05) is 36.8 Å². The van der Waals surface area contributed by atoms with Crippen LogP contribution >= 0.6 is 12.4 Å². The van der Waals surface area contributed by atoms with Crippen LogP contribution in [0.1, 0.15) is 56.7 Å². The molecule has 0 saturated carbocycles. The molecule has 0 aliphatic carbocycles. The summed E-state index contributed by atoms with van der Waals surface area (Å²) in [7, 11) is 0. The number of likely N-dealkylation sites (tertiary alicyclic amines) is 1. The molecule has 2 amide bonds. The zero-order valence-corrected chi connectivity index (χ0v) is 19.5. The summed E-state index contributed by atoms with van der Waals surface area (Å²) in [6.07, 6.45) is 3.41. The summed E-state index contributed by atoms with van der Waals surface area (Å²) in [6, 6.07) is 14.2. The van der Waals surface area contributed by atoms with Crippen molar-refractivity contribution in [1.29, 1.82) is 0 Å². The number of carboxylic acid groups (broad SMARTS) is 1. The van der Waals surface area contributed by atoms with Crippen LogP contribution in [-0.2, 0) is 11.3 Å². The number of hydrogen-bond donors (Lipinski definition) is 2. The largest absolute Gasteiger partial charge is 0.465 e. The van der Waals surface area contributed by atoms with Gasteiger partial charge in [0.15, 0.2) is 0 Å². The Balaban J connectivity index is 0.00000289. The second-order valence-corrected chi connectivity index (χ2v) is 8.78. The fourth-order valence-electron chi connectivity index (χ4n) is 4.99. The Hall–Kier alpha value is -2.57. The average molecular weight is 458 g/mol. The number of halogens is 1. The molecule has 0 radical (unpaired) electrons. The first kappa shape index (κ1) is 24.1. The molecule has 2 atom stereocenters. The molecular weight excluding hydrogens is 426 g/mol. The van der Waals surface area contributed by atoms with Crippen molar-refractivity contribution in [2.45, 2.75) is 58.2 Å². The summed E-state index contributed by atoms with van der Waals surface area (Å²) in [5.74, 6) is -0.0302. The van der Waals surface area contributed by atoms with E-state index in [1.54, 1.807) is 11.8 Å². The number of nitrogens with one attached hydrogen (secondary N) is 1. The molecule has 172 valence electrons. The minimum absolute atomic E-state index is 0. The zero-order chi connectivity index (χ0) is 22.0. The van der Waals surface area contributed by atoms with Crippen molar-refractivity contribution in [3.8, 4) is 11.1 Å². The number of nitrogens with zero attached hydrogens (tertiary/aromatic N) is 2. The molecule has 2 heterocycles. The van der Waals surface area contributed by atoms with Gasteiger partial charge < -0.3 is 15.3 Å². The normalized spacial score (nSPS) is 20.8. The first-order chi connectivity index (χ1) is 14.9. The molecule has 2 aromatic rings. The van der Waals surface area contributed by atoms with Crippen LogP contribution in [0.2, 0.25) is 0 Å². The molecule has 2 N–H and O–H groups in total. The molecule has 4 rings (SSSR count). The highest BCUT2D eigenvalue weighted by Crippen LogP contribution is 2.39. The van der Waals surface area contributed by atoms with E-state index in [0.717, 1.165) is 28.9 Å². The van der Waals surface area contributed by atoms with Crippen molar-refractivity contribution in [2.24, 2.45) is 0 Å². The molecule has 6 nitrogen and oxygen atoms in total. The number of piperidine rings is 1. The number of fused-ring (bicyclic) bond motifs is 1. The molecule has 2 aliphatic rings. The van der Waals surface area contributed by atoms with Gasteiger partial charge in [-0.15, -0.1) is 12.4 Å². The third-order valence-electron chi connectivity index (χ3n) is 6.46. The van der Waals surface area contributed by atoms with Crippen molar-refractivity contribution < 1.29 is 14.7 Å². The maximum absolute atomic E-state index is 12.2. The number of carbonyl (C=O) groups is 2. The average Bonchev–Trinajstić information content (AvgIpc) is 2.74. The van der Waals surface area contributed by atoms with Gasteiger partial charge in [-0.25, -0.2) is 4.79 Å². The molecule has 0 spiro atoms. The van der Waals surface area contributed by atoms with Gasteiger partial charge in [-0.05, 0) is 73.7 Å². The van der Waals surface area contributed by atoms with E-state index >= 15 is 0 Å². The van der Waals surface area contributed by atoms with E-state index in [1.807, 2.05) is 25.1 Å². The highest BCUT2D eigenvalue weighted by atomic mass is 35.5. The van der Waals surface area contributed by atoms with Gasteiger partial charge in [0.2, 0.25) is 5.91 Å². The number of anilines is 1. The van der Waals surface area contributed by atoms with Crippen LogP contribution in [0.25, 0.3) is 11.1 Å². The van der Waals surface area contributed by atoms with Gasteiger partial charge >= 0.3 is 6.09 Å². The number of amides is 2. The minimum Gasteiger partial charge on any atom is -0.465 e. The van der Waals surface area contributed by atoms with E-state index in [-0.39, 0.29) is 30.4 Å². The van der Waals surface area contributed by atoms with Crippen molar-refractivity contribution in [3.05, 3.63) is 53.6 Å².